The van der Waals surface area contributed by atoms with E-state index in [4.69, 9.17) is 10.5 Å². The zero-order valence-corrected chi connectivity index (χ0v) is 12.3. The molecule has 0 amide bonds. The molecule has 3 heterocycles. The van der Waals surface area contributed by atoms with Gasteiger partial charge in [-0.3, -0.25) is 14.3 Å². The van der Waals surface area contributed by atoms with Crippen molar-refractivity contribution in [3.05, 3.63) is 20.8 Å². The van der Waals surface area contributed by atoms with Crippen molar-refractivity contribution in [1.29, 1.82) is 0 Å². The molecule has 0 bridgehead atoms. The molecule has 0 aliphatic carbocycles. The first-order valence-electron chi connectivity index (χ1n) is 7.33. The van der Waals surface area contributed by atoms with E-state index in [0.29, 0.717) is 25.8 Å². The van der Waals surface area contributed by atoms with Crippen LogP contribution in [0.1, 0.15) is 32.4 Å². The second kappa shape index (κ2) is 5.58. The molecule has 120 valence electrons. The van der Waals surface area contributed by atoms with Crippen molar-refractivity contribution >= 4 is 17.1 Å². The second-order valence-corrected chi connectivity index (χ2v) is 5.40. The summed E-state index contributed by atoms with van der Waals surface area (Å²) in [5.41, 5.74) is 5.25. The van der Waals surface area contributed by atoms with Gasteiger partial charge in [0.05, 0.1) is 12.7 Å². The Labute approximate surface area is 125 Å². The molecule has 1 aliphatic heterocycles. The third-order valence-corrected chi connectivity index (χ3v) is 3.85. The monoisotopic (exact) mass is 309 g/mol. The average molecular weight is 309 g/mol. The first kappa shape index (κ1) is 14.8. The van der Waals surface area contributed by atoms with Crippen LogP contribution in [0.25, 0.3) is 11.2 Å². The first-order valence-corrected chi connectivity index (χ1v) is 7.33. The zero-order chi connectivity index (χ0) is 15.9. The van der Waals surface area contributed by atoms with Crippen molar-refractivity contribution < 1.29 is 9.84 Å². The molecule has 1 fully saturated rings. The van der Waals surface area contributed by atoms with Gasteiger partial charge < -0.3 is 15.6 Å². The van der Waals surface area contributed by atoms with Gasteiger partial charge in [-0.2, -0.15) is 4.98 Å². The minimum Gasteiger partial charge on any atom is -0.394 e. The van der Waals surface area contributed by atoms with E-state index in [9.17, 15) is 14.7 Å². The van der Waals surface area contributed by atoms with Gasteiger partial charge in [0.2, 0.25) is 5.95 Å². The van der Waals surface area contributed by atoms with E-state index >= 15 is 0 Å². The second-order valence-electron chi connectivity index (χ2n) is 5.40. The molecule has 0 radical (unpaired) electrons. The minimum absolute atomic E-state index is 0.0448. The Morgan fingerprint density at radius 3 is 2.86 bits per heavy atom. The number of aliphatic hydroxyl groups is 1. The van der Waals surface area contributed by atoms with Crippen LogP contribution >= 0.6 is 0 Å². The van der Waals surface area contributed by atoms with Crippen molar-refractivity contribution in [2.75, 3.05) is 12.3 Å². The van der Waals surface area contributed by atoms with Crippen LogP contribution in [0.5, 0.6) is 0 Å². The number of aromatic amines is 1. The SMILES string of the molecule is CCCn1c(=O)n([C@H]2CC[C@@H](CO)O2)c2nc(N)[nH]c(=O)c21. The van der Waals surface area contributed by atoms with Gasteiger partial charge in [0.1, 0.15) is 6.23 Å². The molecule has 2 aromatic rings. The topological polar surface area (TPSA) is 128 Å². The minimum atomic E-state index is -0.543. The number of nitrogens with one attached hydrogen (secondary N) is 1. The number of aryl methyl sites for hydroxylation is 1. The molecule has 0 unspecified atom stereocenters. The van der Waals surface area contributed by atoms with Crippen molar-refractivity contribution in [2.24, 2.45) is 0 Å². The lowest BCUT2D eigenvalue weighted by atomic mass is 10.2. The van der Waals surface area contributed by atoms with E-state index in [-0.39, 0.29) is 35.5 Å². The van der Waals surface area contributed by atoms with Gasteiger partial charge in [-0.15, -0.1) is 0 Å². The van der Waals surface area contributed by atoms with Crippen LogP contribution in [0.2, 0.25) is 0 Å². The molecule has 9 heteroatoms. The fraction of sp³-hybridized carbons (Fsp3) is 0.615. The maximum absolute atomic E-state index is 12.7. The summed E-state index contributed by atoms with van der Waals surface area (Å²) in [6.07, 6.45) is 1.07. The molecule has 2 aromatic heterocycles. The largest absolute Gasteiger partial charge is 0.394 e. The summed E-state index contributed by atoms with van der Waals surface area (Å²) >= 11 is 0. The summed E-state index contributed by atoms with van der Waals surface area (Å²) in [6.45, 7) is 2.23. The summed E-state index contributed by atoms with van der Waals surface area (Å²) in [6, 6.07) is 0. The number of nitrogens with zero attached hydrogens (tertiary/aromatic N) is 3. The van der Waals surface area contributed by atoms with E-state index in [1.165, 1.54) is 9.13 Å². The van der Waals surface area contributed by atoms with Gasteiger partial charge in [-0.25, -0.2) is 9.36 Å². The quantitative estimate of drug-likeness (QED) is 0.701. The summed E-state index contributed by atoms with van der Waals surface area (Å²) in [5, 5.41) is 9.18. The summed E-state index contributed by atoms with van der Waals surface area (Å²) in [4.78, 5) is 31.4. The number of nitrogen functional groups attached to an aromatic ring is 1. The van der Waals surface area contributed by atoms with Crippen LogP contribution in [0.15, 0.2) is 9.59 Å². The van der Waals surface area contributed by atoms with Crippen LogP contribution < -0.4 is 17.0 Å². The molecule has 1 saturated heterocycles. The van der Waals surface area contributed by atoms with Crippen molar-refractivity contribution in [3.8, 4) is 0 Å². The Morgan fingerprint density at radius 1 is 1.45 bits per heavy atom. The van der Waals surface area contributed by atoms with Gasteiger partial charge in [0.15, 0.2) is 11.2 Å². The van der Waals surface area contributed by atoms with Crippen LogP contribution in [0.4, 0.5) is 5.95 Å². The van der Waals surface area contributed by atoms with Crippen LogP contribution in [0, 0.1) is 0 Å². The van der Waals surface area contributed by atoms with Crippen molar-refractivity contribution in [3.63, 3.8) is 0 Å². The maximum atomic E-state index is 12.7. The lowest BCUT2D eigenvalue weighted by Gasteiger charge is -2.13. The average Bonchev–Trinajstić information content (AvgIpc) is 3.03. The highest BCUT2D eigenvalue weighted by Crippen LogP contribution is 2.28. The highest BCUT2D eigenvalue weighted by molar-refractivity contribution is 5.71. The highest BCUT2D eigenvalue weighted by Gasteiger charge is 2.31. The fourth-order valence-electron chi connectivity index (χ4n) is 2.90. The first-order chi connectivity index (χ1) is 10.6. The van der Waals surface area contributed by atoms with E-state index in [1.807, 2.05) is 6.92 Å². The molecule has 4 N–H and O–H groups in total. The van der Waals surface area contributed by atoms with E-state index in [0.717, 1.165) is 0 Å². The normalized spacial score (nSPS) is 21.7. The number of hydrogen-bond acceptors (Lipinski definition) is 6. The third-order valence-electron chi connectivity index (χ3n) is 3.85. The third kappa shape index (κ3) is 2.22. The number of anilines is 1. The number of aromatic nitrogens is 4. The van der Waals surface area contributed by atoms with Gasteiger partial charge in [-0.1, -0.05) is 6.92 Å². The number of imidazole rings is 1. The molecule has 1 aliphatic rings. The Morgan fingerprint density at radius 2 is 2.23 bits per heavy atom. The van der Waals surface area contributed by atoms with Crippen LogP contribution in [0.3, 0.4) is 0 Å². The van der Waals surface area contributed by atoms with E-state index in [2.05, 4.69) is 9.97 Å². The zero-order valence-electron chi connectivity index (χ0n) is 12.3. The Bertz CT molecular complexity index is 805. The van der Waals surface area contributed by atoms with Crippen molar-refractivity contribution in [1.82, 2.24) is 19.1 Å². The molecule has 2 atom stereocenters. The molecule has 0 spiro atoms. The lowest BCUT2D eigenvalue weighted by molar-refractivity contribution is -0.0224. The summed E-state index contributed by atoms with van der Waals surface area (Å²) in [5.74, 6) is -0.0448. The fourth-order valence-corrected chi connectivity index (χ4v) is 2.90. The molecular formula is C13H19N5O4. The summed E-state index contributed by atoms with van der Waals surface area (Å²) < 4.78 is 8.43. The van der Waals surface area contributed by atoms with Crippen LogP contribution in [-0.4, -0.2) is 36.9 Å². The number of fused-ring (bicyclic) bond motifs is 1. The van der Waals surface area contributed by atoms with Gasteiger partial charge in [0.25, 0.3) is 5.56 Å². The smallest absolute Gasteiger partial charge is 0.332 e. The number of nitrogens with two attached hydrogens (primary N) is 1. The van der Waals surface area contributed by atoms with Crippen molar-refractivity contribution in [2.45, 2.75) is 45.1 Å². The van der Waals surface area contributed by atoms with E-state index < -0.39 is 11.8 Å². The molecule has 22 heavy (non-hydrogen) atoms. The summed E-state index contributed by atoms with van der Waals surface area (Å²) in [7, 11) is 0. The molecule has 3 rings (SSSR count). The Kier molecular flexibility index (Phi) is 3.75. The Balaban J connectivity index is 2.23. The van der Waals surface area contributed by atoms with Gasteiger partial charge in [0, 0.05) is 6.54 Å². The van der Waals surface area contributed by atoms with Crippen LogP contribution in [-0.2, 0) is 11.3 Å². The highest BCUT2D eigenvalue weighted by atomic mass is 16.5. The maximum Gasteiger partial charge on any atom is 0.332 e. The van der Waals surface area contributed by atoms with Gasteiger partial charge in [-0.05, 0) is 19.3 Å². The predicted molar refractivity (Wildman–Crippen MR) is 79.5 cm³/mol. The van der Waals surface area contributed by atoms with Gasteiger partial charge >= 0.3 is 5.69 Å². The lowest BCUT2D eigenvalue weighted by Crippen LogP contribution is -2.28. The molecule has 0 aromatic carbocycles. The number of H-pyrrole nitrogens is 1. The number of ether oxygens (including phenoxy) is 1. The van der Waals surface area contributed by atoms with E-state index in [1.54, 1.807) is 0 Å². The number of rotatable bonds is 4. The predicted octanol–water partition coefficient (Wildman–Crippen LogP) is -0.452. The molecule has 0 saturated carbocycles. The Hall–Kier alpha value is -2.13. The molecular weight excluding hydrogens is 290 g/mol. The number of aliphatic hydroxyl groups excluding tert-OH is 1. The molecule has 9 nitrogen and oxygen atoms in total. The number of hydrogen-bond donors (Lipinski definition) is 3. The standard InChI is InChI=1S/C13H19N5O4/c1-2-5-17-9-10(15-12(14)16-11(9)20)18(13(17)21)8-4-3-7(6-19)22-8/h7-8,19H,2-6H2,1H3,(H3,14,15,16,20)/t7-,8+/m0/s1.